The lowest BCUT2D eigenvalue weighted by molar-refractivity contribution is -0.137. The van der Waals surface area contributed by atoms with E-state index in [-0.39, 0.29) is 23.7 Å². The Morgan fingerprint density at radius 2 is 2.00 bits per heavy atom. The molecule has 1 aromatic carbocycles. The lowest BCUT2D eigenvalue weighted by Crippen LogP contribution is -2.34. The summed E-state index contributed by atoms with van der Waals surface area (Å²) < 4.78 is 54.5. The Morgan fingerprint density at radius 3 is 2.61 bits per heavy atom. The number of halogens is 4. The van der Waals surface area contributed by atoms with E-state index in [2.05, 4.69) is 10.3 Å². The highest BCUT2D eigenvalue weighted by Gasteiger charge is 2.53. The summed E-state index contributed by atoms with van der Waals surface area (Å²) in [7, 11) is 1.73. The van der Waals surface area contributed by atoms with Gasteiger partial charge in [0, 0.05) is 26.3 Å². The van der Waals surface area contributed by atoms with Crippen LogP contribution in [0.15, 0.2) is 30.7 Å². The summed E-state index contributed by atoms with van der Waals surface area (Å²) in [6.45, 7) is 2.10. The van der Waals surface area contributed by atoms with E-state index in [1.54, 1.807) is 17.8 Å². The number of hydrogen-bond acceptors (Lipinski definition) is 3. The zero-order valence-corrected chi connectivity index (χ0v) is 15.2. The Morgan fingerprint density at radius 1 is 1.29 bits per heavy atom. The van der Waals surface area contributed by atoms with Crippen LogP contribution < -0.4 is 5.32 Å². The highest BCUT2D eigenvalue weighted by atomic mass is 19.4. The van der Waals surface area contributed by atoms with Crippen LogP contribution in [0.4, 0.5) is 17.6 Å². The lowest BCUT2D eigenvalue weighted by atomic mass is 10.1. The number of aryl methyl sites for hydroxylation is 1. The van der Waals surface area contributed by atoms with Crippen molar-refractivity contribution in [1.82, 2.24) is 19.8 Å². The van der Waals surface area contributed by atoms with Crippen LogP contribution in [0.3, 0.4) is 0 Å². The largest absolute Gasteiger partial charge is 0.416 e. The van der Waals surface area contributed by atoms with Crippen LogP contribution in [-0.4, -0.2) is 40.0 Å². The Kier molecular flexibility index (Phi) is 4.65. The molecule has 1 aliphatic carbocycles. The predicted molar refractivity (Wildman–Crippen MR) is 92.7 cm³/mol. The molecule has 2 heterocycles. The van der Waals surface area contributed by atoms with Gasteiger partial charge in [-0.3, -0.25) is 4.79 Å². The van der Waals surface area contributed by atoms with Crippen molar-refractivity contribution in [3.63, 3.8) is 0 Å². The van der Waals surface area contributed by atoms with Gasteiger partial charge in [-0.2, -0.15) is 13.2 Å². The van der Waals surface area contributed by atoms with Gasteiger partial charge in [0.25, 0.3) is 5.91 Å². The molecule has 150 valence electrons. The van der Waals surface area contributed by atoms with E-state index < -0.39 is 17.6 Å². The van der Waals surface area contributed by atoms with Gasteiger partial charge in [0.05, 0.1) is 11.9 Å². The molecule has 2 unspecified atom stereocenters. The number of carbonyl (C=O) groups excluding carboxylic acids is 1. The van der Waals surface area contributed by atoms with E-state index in [1.807, 2.05) is 0 Å². The maximum absolute atomic E-state index is 13.8. The van der Waals surface area contributed by atoms with Gasteiger partial charge in [-0.05, 0) is 54.6 Å². The second-order valence-electron chi connectivity index (χ2n) is 7.61. The van der Waals surface area contributed by atoms with Gasteiger partial charge in [-0.1, -0.05) is 0 Å². The fraction of sp³-hybridized carbons (Fsp3) is 0.474. The molecule has 1 amide bonds. The number of nitrogens with one attached hydrogen (secondary N) is 1. The fourth-order valence-electron chi connectivity index (χ4n) is 4.10. The molecule has 0 radical (unpaired) electrons. The second kappa shape index (κ2) is 6.88. The maximum atomic E-state index is 13.8. The first-order chi connectivity index (χ1) is 13.2. The average molecular weight is 396 g/mol. The maximum Gasteiger partial charge on any atom is 0.416 e. The first kappa shape index (κ1) is 18.9. The highest BCUT2D eigenvalue weighted by molar-refractivity contribution is 5.92. The van der Waals surface area contributed by atoms with E-state index in [1.165, 1.54) is 11.2 Å². The molecular formula is C19H20F4N4O. The van der Waals surface area contributed by atoms with Gasteiger partial charge in [0.1, 0.15) is 11.5 Å². The minimum Gasteiger partial charge on any atom is -0.340 e. The molecule has 1 saturated carbocycles. The Labute approximate surface area is 159 Å². The van der Waals surface area contributed by atoms with Gasteiger partial charge >= 0.3 is 6.18 Å². The first-order valence-electron chi connectivity index (χ1n) is 9.07. The molecular weight excluding hydrogens is 376 g/mol. The van der Waals surface area contributed by atoms with Gasteiger partial charge < -0.3 is 14.8 Å². The standard InChI is InChI=1S/C19H20F4N4O/c1-26-9-17(25-10-26)18(28)27(8-16-14-5-24-6-15(14)16)7-11-2-12(19(21,22)23)4-13(20)3-11/h2-4,9-10,14-16,24H,5-8H2,1H3. The highest BCUT2D eigenvalue weighted by Crippen LogP contribution is 2.49. The molecule has 2 aliphatic rings. The number of aromatic nitrogens is 2. The Hall–Kier alpha value is -2.42. The number of nitrogens with zero attached hydrogens (tertiary/aromatic N) is 3. The van der Waals surface area contributed by atoms with Crippen LogP contribution >= 0.6 is 0 Å². The number of amides is 1. The molecule has 1 saturated heterocycles. The number of alkyl halides is 3. The van der Waals surface area contributed by atoms with E-state index in [0.29, 0.717) is 30.4 Å². The van der Waals surface area contributed by atoms with Crippen molar-refractivity contribution in [3.8, 4) is 0 Å². The number of benzene rings is 1. The quantitative estimate of drug-likeness (QED) is 0.791. The van der Waals surface area contributed by atoms with Crippen LogP contribution in [0, 0.1) is 23.6 Å². The Balaban J connectivity index is 1.58. The number of carbonyl (C=O) groups is 1. The molecule has 5 nitrogen and oxygen atoms in total. The molecule has 0 bridgehead atoms. The third-order valence-electron chi connectivity index (χ3n) is 5.57. The van der Waals surface area contributed by atoms with Gasteiger partial charge in [0.15, 0.2) is 0 Å². The molecule has 2 aromatic rings. The van der Waals surface area contributed by atoms with E-state index in [0.717, 1.165) is 25.2 Å². The molecule has 2 atom stereocenters. The molecule has 1 aliphatic heterocycles. The molecule has 2 fully saturated rings. The van der Waals surface area contributed by atoms with Crippen molar-refractivity contribution in [2.24, 2.45) is 24.8 Å². The van der Waals surface area contributed by atoms with Gasteiger partial charge in [0.2, 0.25) is 0 Å². The van der Waals surface area contributed by atoms with E-state index in [9.17, 15) is 22.4 Å². The summed E-state index contributed by atoms with van der Waals surface area (Å²) >= 11 is 0. The summed E-state index contributed by atoms with van der Waals surface area (Å²) in [4.78, 5) is 18.5. The topological polar surface area (TPSA) is 50.2 Å². The molecule has 4 rings (SSSR count). The predicted octanol–water partition coefficient (Wildman–Crippen LogP) is 2.69. The average Bonchev–Trinajstić information content (AvgIpc) is 2.99. The van der Waals surface area contributed by atoms with Crippen LogP contribution in [-0.2, 0) is 19.8 Å². The van der Waals surface area contributed by atoms with Crippen molar-refractivity contribution in [2.75, 3.05) is 19.6 Å². The molecule has 28 heavy (non-hydrogen) atoms. The Bertz CT molecular complexity index is 884. The minimum atomic E-state index is -4.65. The normalized spacial score (nSPS) is 23.5. The summed E-state index contributed by atoms with van der Waals surface area (Å²) in [5, 5.41) is 3.28. The number of hydrogen-bond donors (Lipinski definition) is 1. The number of imidazole rings is 1. The molecule has 1 N–H and O–H groups in total. The molecule has 1 aromatic heterocycles. The fourth-order valence-corrected chi connectivity index (χ4v) is 4.10. The number of piperidine rings is 1. The minimum absolute atomic E-state index is 0.0976. The zero-order chi connectivity index (χ0) is 20.1. The van der Waals surface area contributed by atoms with Gasteiger partial charge in [-0.25, -0.2) is 9.37 Å². The molecule has 9 heteroatoms. The zero-order valence-electron chi connectivity index (χ0n) is 15.2. The summed E-state index contributed by atoms with van der Waals surface area (Å²) in [5.41, 5.74) is -0.723. The van der Waals surface area contributed by atoms with Crippen molar-refractivity contribution in [1.29, 1.82) is 0 Å². The monoisotopic (exact) mass is 396 g/mol. The van der Waals surface area contributed by atoms with Crippen LogP contribution in [0.5, 0.6) is 0 Å². The second-order valence-corrected chi connectivity index (χ2v) is 7.61. The van der Waals surface area contributed by atoms with E-state index in [4.69, 9.17) is 0 Å². The lowest BCUT2D eigenvalue weighted by Gasteiger charge is -2.23. The molecule has 0 spiro atoms. The van der Waals surface area contributed by atoms with Gasteiger partial charge in [-0.15, -0.1) is 0 Å². The van der Waals surface area contributed by atoms with Crippen LogP contribution in [0.2, 0.25) is 0 Å². The summed E-state index contributed by atoms with van der Waals surface area (Å²) in [6, 6.07) is 2.41. The van der Waals surface area contributed by atoms with Crippen molar-refractivity contribution >= 4 is 5.91 Å². The first-order valence-corrected chi connectivity index (χ1v) is 9.07. The smallest absolute Gasteiger partial charge is 0.340 e. The number of fused-ring (bicyclic) bond motifs is 1. The number of rotatable bonds is 5. The summed E-state index contributed by atoms with van der Waals surface area (Å²) in [5.74, 6) is -0.0574. The third-order valence-corrected chi connectivity index (χ3v) is 5.57. The third kappa shape index (κ3) is 3.76. The van der Waals surface area contributed by atoms with Crippen LogP contribution in [0.1, 0.15) is 21.6 Å². The van der Waals surface area contributed by atoms with Crippen molar-refractivity contribution in [2.45, 2.75) is 12.7 Å². The summed E-state index contributed by atoms with van der Waals surface area (Å²) in [6.07, 6.45) is -1.59. The van der Waals surface area contributed by atoms with Crippen molar-refractivity contribution < 1.29 is 22.4 Å². The van der Waals surface area contributed by atoms with Crippen LogP contribution in [0.25, 0.3) is 0 Å². The van der Waals surface area contributed by atoms with Crippen molar-refractivity contribution in [3.05, 3.63) is 53.4 Å². The van der Waals surface area contributed by atoms with E-state index >= 15 is 0 Å². The SMILES string of the molecule is Cn1cnc(C(=O)N(Cc2cc(F)cc(C(F)(F)F)c2)CC2C3CNCC32)c1.